The normalized spacial score (nSPS) is 14.2. The average molecular weight is 352 g/mol. The zero-order valence-electron chi connectivity index (χ0n) is 14.1. The van der Waals surface area contributed by atoms with Crippen LogP contribution in [0, 0.1) is 5.82 Å². The first-order valence-corrected chi connectivity index (χ1v) is 8.01. The molecule has 0 radical (unpaired) electrons. The number of ether oxygens (including phenoxy) is 2. The Morgan fingerprint density at radius 2 is 1.60 bits per heavy atom. The number of rotatable bonds is 6. The number of halogens is 1. The molecule has 1 fully saturated rings. The van der Waals surface area contributed by atoms with Gasteiger partial charge in [-0.2, -0.15) is 0 Å². The van der Waals surface area contributed by atoms with Crippen LogP contribution in [0.5, 0.6) is 5.75 Å². The lowest BCUT2D eigenvalue weighted by atomic mass is 10.2. The fourth-order valence-corrected chi connectivity index (χ4v) is 2.47. The molecule has 7 nitrogen and oxygen atoms in total. The Morgan fingerprint density at radius 3 is 2.20 bits per heavy atom. The molecular formula is C17H21FN2O5. The summed E-state index contributed by atoms with van der Waals surface area (Å²) in [6.07, 6.45) is 0.141. The maximum atomic E-state index is 13.5. The van der Waals surface area contributed by atoms with Crippen molar-refractivity contribution in [2.24, 2.45) is 0 Å². The van der Waals surface area contributed by atoms with E-state index in [4.69, 9.17) is 4.74 Å². The highest BCUT2D eigenvalue weighted by Gasteiger charge is 2.24. The molecule has 1 aromatic rings. The molecule has 8 heteroatoms. The Morgan fingerprint density at radius 1 is 1.00 bits per heavy atom. The van der Waals surface area contributed by atoms with Gasteiger partial charge in [-0.05, 0) is 12.1 Å². The predicted octanol–water partition coefficient (Wildman–Crippen LogP) is 0.828. The maximum Gasteiger partial charge on any atom is 0.306 e. The molecule has 1 aromatic carbocycles. The van der Waals surface area contributed by atoms with Gasteiger partial charge in [-0.25, -0.2) is 4.39 Å². The van der Waals surface area contributed by atoms with Gasteiger partial charge < -0.3 is 19.3 Å². The van der Waals surface area contributed by atoms with Gasteiger partial charge in [-0.15, -0.1) is 0 Å². The first-order valence-electron chi connectivity index (χ1n) is 8.01. The van der Waals surface area contributed by atoms with Crippen molar-refractivity contribution < 1.29 is 28.2 Å². The largest absolute Gasteiger partial charge is 0.481 e. The molecule has 0 aliphatic carbocycles. The van der Waals surface area contributed by atoms with Crippen molar-refractivity contribution >= 4 is 17.8 Å². The number of benzene rings is 1. The number of carbonyl (C=O) groups is 3. The molecule has 136 valence electrons. The molecule has 0 aromatic heterocycles. The van der Waals surface area contributed by atoms with Crippen molar-refractivity contribution in [3.8, 4) is 5.75 Å². The van der Waals surface area contributed by atoms with Crippen LogP contribution in [-0.4, -0.2) is 67.5 Å². The highest BCUT2D eigenvalue weighted by atomic mass is 19.1. The summed E-state index contributed by atoms with van der Waals surface area (Å²) in [4.78, 5) is 38.4. The number of nitrogens with zero attached hydrogens (tertiary/aromatic N) is 2. The third-order valence-corrected chi connectivity index (χ3v) is 3.94. The van der Waals surface area contributed by atoms with Gasteiger partial charge in [0.25, 0.3) is 5.91 Å². The smallest absolute Gasteiger partial charge is 0.306 e. The number of para-hydroxylation sites is 1. The average Bonchev–Trinajstić information content (AvgIpc) is 2.65. The van der Waals surface area contributed by atoms with Crippen molar-refractivity contribution in [3.63, 3.8) is 0 Å². The molecule has 0 spiro atoms. The van der Waals surface area contributed by atoms with Gasteiger partial charge >= 0.3 is 5.97 Å². The number of carbonyl (C=O) groups excluding carboxylic acids is 3. The minimum Gasteiger partial charge on any atom is -0.481 e. The monoisotopic (exact) mass is 352 g/mol. The molecule has 0 atom stereocenters. The fraction of sp³-hybridized carbons (Fsp3) is 0.471. The second-order valence-corrected chi connectivity index (χ2v) is 5.56. The minimum absolute atomic E-state index is 0.0347. The van der Waals surface area contributed by atoms with Crippen LogP contribution >= 0.6 is 0 Å². The van der Waals surface area contributed by atoms with Crippen molar-refractivity contribution in [1.82, 2.24) is 9.80 Å². The number of piperazine rings is 1. The lowest BCUT2D eigenvalue weighted by Crippen LogP contribution is -2.51. The topological polar surface area (TPSA) is 76.2 Å². The minimum atomic E-state index is -0.517. The summed E-state index contributed by atoms with van der Waals surface area (Å²) in [6, 6.07) is 5.89. The van der Waals surface area contributed by atoms with Crippen LogP contribution in [0.25, 0.3) is 0 Å². The zero-order chi connectivity index (χ0) is 18.2. The van der Waals surface area contributed by atoms with Crippen molar-refractivity contribution in [1.29, 1.82) is 0 Å². The van der Waals surface area contributed by atoms with Gasteiger partial charge in [0, 0.05) is 32.6 Å². The number of methoxy groups -OCH3 is 1. The van der Waals surface area contributed by atoms with Crippen LogP contribution in [0.3, 0.4) is 0 Å². The number of esters is 1. The van der Waals surface area contributed by atoms with Crippen LogP contribution < -0.4 is 4.74 Å². The molecule has 1 saturated heterocycles. The summed E-state index contributed by atoms with van der Waals surface area (Å²) < 4.78 is 23.2. The summed E-state index contributed by atoms with van der Waals surface area (Å²) in [6.45, 7) is 1.29. The quantitative estimate of drug-likeness (QED) is 0.709. The van der Waals surface area contributed by atoms with E-state index in [2.05, 4.69) is 4.74 Å². The van der Waals surface area contributed by atoms with Crippen LogP contribution in [0.15, 0.2) is 24.3 Å². The molecule has 2 amide bonds. The summed E-state index contributed by atoms with van der Waals surface area (Å²) in [7, 11) is 1.28. The Balaban J connectivity index is 1.74. The molecule has 0 N–H and O–H groups in total. The Kier molecular flexibility index (Phi) is 6.73. The van der Waals surface area contributed by atoms with E-state index in [1.807, 2.05) is 0 Å². The Bertz CT molecular complexity index is 629. The third kappa shape index (κ3) is 5.44. The number of hydrogen-bond donors (Lipinski definition) is 0. The van der Waals surface area contributed by atoms with E-state index in [1.165, 1.54) is 19.2 Å². The number of hydrogen-bond acceptors (Lipinski definition) is 5. The lowest BCUT2D eigenvalue weighted by Gasteiger charge is -2.34. The zero-order valence-corrected chi connectivity index (χ0v) is 14.1. The molecule has 1 aliphatic heterocycles. The lowest BCUT2D eigenvalue weighted by molar-refractivity contribution is -0.145. The molecule has 1 heterocycles. The maximum absolute atomic E-state index is 13.5. The highest BCUT2D eigenvalue weighted by molar-refractivity contribution is 5.82. The van der Waals surface area contributed by atoms with Gasteiger partial charge in [-0.1, -0.05) is 12.1 Å². The SMILES string of the molecule is COC(=O)CCC(=O)N1CCN(C(=O)COc2ccccc2F)CC1. The van der Waals surface area contributed by atoms with Crippen molar-refractivity contribution in [3.05, 3.63) is 30.1 Å². The van der Waals surface area contributed by atoms with Crippen molar-refractivity contribution in [2.45, 2.75) is 12.8 Å². The number of amides is 2. The molecule has 0 unspecified atom stereocenters. The second kappa shape index (κ2) is 9.00. The fourth-order valence-electron chi connectivity index (χ4n) is 2.47. The summed E-state index contributed by atoms with van der Waals surface area (Å²) >= 11 is 0. The second-order valence-electron chi connectivity index (χ2n) is 5.56. The van der Waals surface area contributed by atoms with Gasteiger partial charge in [0.2, 0.25) is 5.91 Å². The molecule has 1 aliphatic rings. The van der Waals surface area contributed by atoms with E-state index in [9.17, 15) is 18.8 Å². The van der Waals surface area contributed by atoms with Crippen LogP contribution in [0.1, 0.15) is 12.8 Å². The first kappa shape index (κ1) is 18.7. The molecule has 0 saturated carbocycles. The summed E-state index contributed by atoms with van der Waals surface area (Å²) in [5.74, 6) is -1.30. The predicted molar refractivity (Wildman–Crippen MR) is 86.3 cm³/mol. The first-order chi connectivity index (χ1) is 12.0. The van der Waals surface area contributed by atoms with Crippen LogP contribution in [0.4, 0.5) is 4.39 Å². The standard InChI is InChI=1S/C17H21FN2O5/c1-24-17(23)7-6-15(21)19-8-10-20(11-9-19)16(22)12-25-14-5-3-2-4-13(14)18/h2-5H,6-12H2,1H3. The molecule has 25 heavy (non-hydrogen) atoms. The highest BCUT2D eigenvalue weighted by Crippen LogP contribution is 2.15. The van der Waals surface area contributed by atoms with E-state index in [0.717, 1.165) is 0 Å². The Labute approximate surface area is 145 Å². The third-order valence-electron chi connectivity index (χ3n) is 3.94. The van der Waals surface area contributed by atoms with Gasteiger partial charge in [0.1, 0.15) is 0 Å². The molecule has 0 bridgehead atoms. The Hall–Kier alpha value is -2.64. The van der Waals surface area contributed by atoms with E-state index in [1.54, 1.807) is 21.9 Å². The van der Waals surface area contributed by atoms with E-state index in [0.29, 0.717) is 26.2 Å². The summed E-state index contributed by atoms with van der Waals surface area (Å²) in [5, 5.41) is 0. The van der Waals surface area contributed by atoms with E-state index < -0.39 is 11.8 Å². The van der Waals surface area contributed by atoms with Crippen LogP contribution in [-0.2, 0) is 19.1 Å². The van der Waals surface area contributed by atoms with Gasteiger partial charge in [0.15, 0.2) is 18.2 Å². The van der Waals surface area contributed by atoms with Gasteiger partial charge in [0.05, 0.1) is 13.5 Å². The van der Waals surface area contributed by atoms with Gasteiger partial charge in [-0.3, -0.25) is 14.4 Å². The van der Waals surface area contributed by atoms with Crippen molar-refractivity contribution in [2.75, 3.05) is 39.9 Å². The van der Waals surface area contributed by atoms with E-state index in [-0.39, 0.29) is 37.0 Å². The van der Waals surface area contributed by atoms with E-state index >= 15 is 0 Å². The summed E-state index contributed by atoms with van der Waals surface area (Å²) in [5.41, 5.74) is 0. The van der Waals surface area contributed by atoms with Crippen LogP contribution in [0.2, 0.25) is 0 Å². The molecule has 2 rings (SSSR count). The molecular weight excluding hydrogens is 331 g/mol.